The Hall–Kier alpha value is -0.970. The molecule has 1 aliphatic rings. The quantitative estimate of drug-likeness (QED) is 0.867. The SMILES string of the molecule is CCOC1CCN(C(c2ccccn2)C(N)CC)CC1. The summed E-state index contributed by atoms with van der Waals surface area (Å²) in [6.07, 6.45) is 5.42. The molecule has 2 unspecified atom stereocenters. The van der Waals surface area contributed by atoms with Crippen molar-refractivity contribution in [1.82, 2.24) is 9.88 Å². The van der Waals surface area contributed by atoms with Crippen molar-refractivity contribution >= 4 is 0 Å². The van der Waals surface area contributed by atoms with Gasteiger partial charge in [0.15, 0.2) is 0 Å². The smallest absolute Gasteiger partial charge is 0.0673 e. The molecule has 0 spiro atoms. The molecule has 1 saturated heterocycles. The number of aromatic nitrogens is 1. The molecule has 20 heavy (non-hydrogen) atoms. The highest BCUT2D eigenvalue weighted by atomic mass is 16.5. The van der Waals surface area contributed by atoms with Crippen LogP contribution in [0.25, 0.3) is 0 Å². The Bertz CT molecular complexity index is 377. The number of hydrogen-bond acceptors (Lipinski definition) is 4. The Morgan fingerprint density at radius 3 is 2.65 bits per heavy atom. The molecule has 1 aromatic heterocycles. The second-order valence-corrected chi connectivity index (χ2v) is 5.46. The lowest BCUT2D eigenvalue weighted by Gasteiger charge is -2.39. The molecule has 0 amide bonds. The van der Waals surface area contributed by atoms with Gasteiger partial charge in [0.1, 0.15) is 0 Å². The van der Waals surface area contributed by atoms with Gasteiger partial charge in [0.2, 0.25) is 0 Å². The second-order valence-electron chi connectivity index (χ2n) is 5.46. The number of likely N-dealkylation sites (tertiary alicyclic amines) is 1. The predicted octanol–water partition coefficient (Wildman–Crippen LogP) is 2.36. The van der Waals surface area contributed by atoms with Crippen molar-refractivity contribution in [1.29, 1.82) is 0 Å². The molecule has 2 heterocycles. The molecule has 0 aliphatic carbocycles. The zero-order valence-electron chi connectivity index (χ0n) is 12.7. The van der Waals surface area contributed by atoms with Crippen LogP contribution in [0.15, 0.2) is 24.4 Å². The normalized spacial score (nSPS) is 20.8. The Kier molecular flexibility index (Phi) is 5.95. The number of piperidine rings is 1. The Labute approximate surface area is 122 Å². The van der Waals surface area contributed by atoms with E-state index in [-0.39, 0.29) is 12.1 Å². The van der Waals surface area contributed by atoms with Crippen LogP contribution in [-0.4, -0.2) is 41.7 Å². The molecule has 112 valence electrons. The highest BCUT2D eigenvalue weighted by molar-refractivity contribution is 5.12. The Morgan fingerprint density at radius 2 is 2.10 bits per heavy atom. The van der Waals surface area contributed by atoms with Crippen LogP contribution in [0.2, 0.25) is 0 Å². The second kappa shape index (κ2) is 7.72. The molecule has 0 bridgehead atoms. The highest BCUT2D eigenvalue weighted by Crippen LogP contribution is 2.27. The number of nitrogens with zero attached hydrogens (tertiary/aromatic N) is 2. The predicted molar refractivity (Wildman–Crippen MR) is 81.5 cm³/mol. The van der Waals surface area contributed by atoms with Crippen LogP contribution in [0.5, 0.6) is 0 Å². The van der Waals surface area contributed by atoms with E-state index in [0.29, 0.717) is 6.10 Å². The molecule has 1 aromatic rings. The molecule has 2 rings (SSSR count). The minimum absolute atomic E-state index is 0.133. The molecule has 1 aliphatic heterocycles. The third-order valence-corrected chi connectivity index (χ3v) is 4.14. The fraction of sp³-hybridized carbons (Fsp3) is 0.688. The average molecular weight is 277 g/mol. The Morgan fingerprint density at radius 1 is 1.35 bits per heavy atom. The van der Waals surface area contributed by atoms with Gasteiger partial charge >= 0.3 is 0 Å². The van der Waals surface area contributed by atoms with Crippen LogP contribution >= 0.6 is 0 Å². The van der Waals surface area contributed by atoms with Gasteiger partial charge in [0, 0.05) is 31.9 Å². The largest absolute Gasteiger partial charge is 0.378 e. The van der Waals surface area contributed by atoms with E-state index in [1.54, 1.807) is 0 Å². The van der Waals surface area contributed by atoms with E-state index in [9.17, 15) is 0 Å². The van der Waals surface area contributed by atoms with Crippen LogP contribution in [0, 0.1) is 0 Å². The molecule has 2 N–H and O–H groups in total. The summed E-state index contributed by atoms with van der Waals surface area (Å²) in [5, 5.41) is 0. The summed E-state index contributed by atoms with van der Waals surface area (Å²) in [5.41, 5.74) is 7.45. The van der Waals surface area contributed by atoms with Crippen molar-refractivity contribution in [3.8, 4) is 0 Å². The van der Waals surface area contributed by atoms with Crippen LogP contribution < -0.4 is 5.73 Å². The summed E-state index contributed by atoms with van der Waals surface area (Å²) < 4.78 is 5.73. The van der Waals surface area contributed by atoms with Gasteiger partial charge in [-0.15, -0.1) is 0 Å². The molecule has 0 radical (unpaired) electrons. The summed E-state index contributed by atoms with van der Waals surface area (Å²) in [4.78, 5) is 7.00. The zero-order valence-corrected chi connectivity index (χ0v) is 12.7. The van der Waals surface area contributed by atoms with Crippen molar-refractivity contribution in [2.45, 2.75) is 51.3 Å². The number of ether oxygens (including phenoxy) is 1. The summed E-state index contributed by atoms with van der Waals surface area (Å²) >= 11 is 0. The maximum absolute atomic E-state index is 6.36. The molecule has 2 atom stereocenters. The highest BCUT2D eigenvalue weighted by Gasteiger charge is 2.30. The molecule has 0 saturated carbocycles. The van der Waals surface area contributed by atoms with Crippen LogP contribution in [0.3, 0.4) is 0 Å². The molecule has 4 nitrogen and oxygen atoms in total. The minimum atomic E-state index is 0.133. The van der Waals surface area contributed by atoms with Gasteiger partial charge in [-0.25, -0.2) is 0 Å². The number of hydrogen-bond donors (Lipinski definition) is 1. The number of nitrogens with two attached hydrogens (primary N) is 1. The lowest BCUT2D eigenvalue weighted by Crippen LogP contribution is -2.46. The van der Waals surface area contributed by atoms with Crippen molar-refractivity contribution in [3.63, 3.8) is 0 Å². The van der Waals surface area contributed by atoms with Crippen LogP contribution in [-0.2, 0) is 4.74 Å². The first-order chi connectivity index (χ1) is 9.76. The van der Waals surface area contributed by atoms with Crippen molar-refractivity contribution < 1.29 is 4.74 Å². The van der Waals surface area contributed by atoms with Crippen molar-refractivity contribution in [3.05, 3.63) is 30.1 Å². The van der Waals surface area contributed by atoms with Gasteiger partial charge < -0.3 is 10.5 Å². The van der Waals surface area contributed by atoms with Gasteiger partial charge in [0.25, 0.3) is 0 Å². The van der Waals surface area contributed by atoms with E-state index in [0.717, 1.165) is 44.7 Å². The first-order valence-corrected chi connectivity index (χ1v) is 7.78. The van der Waals surface area contributed by atoms with E-state index in [1.165, 1.54) is 0 Å². The van der Waals surface area contributed by atoms with E-state index in [1.807, 2.05) is 18.3 Å². The summed E-state index contributed by atoms with van der Waals surface area (Å²) in [7, 11) is 0. The van der Waals surface area contributed by atoms with Gasteiger partial charge in [-0.3, -0.25) is 9.88 Å². The zero-order chi connectivity index (χ0) is 14.4. The summed E-state index contributed by atoms with van der Waals surface area (Å²) in [6.45, 7) is 7.10. The third kappa shape index (κ3) is 3.78. The minimum Gasteiger partial charge on any atom is -0.378 e. The Balaban J connectivity index is 2.05. The fourth-order valence-electron chi connectivity index (χ4n) is 3.01. The lowest BCUT2D eigenvalue weighted by atomic mass is 9.97. The first-order valence-electron chi connectivity index (χ1n) is 7.78. The first kappa shape index (κ1) is 15.4. The molecule has 1 fully saturated rings. The van der Waals surface area contributed by atoms with Gasteiger partial charge in [-0.2, -0.15) is 0 Å². The monoisotopic (exact) mass is 277 g/mol. The molecular weight excluding hydrogens is 250 g/mol. The molecule has 0 aromatic carbocycles. The number of rotatable bonds is 6. The fourth-order valence-corrected chi connectivity index (χ4v) is 3.01. The lowest BCUT2D eigenvalue weighted by molar-refractivity contribution is -0.000193. The van der Waals surface area contributed by atoms with E-state index in [4.69, 9.17) is 10.5 Å². The molecular formula is C16H27N3O. The number of pyridine rings is 1. The van der Waals surface area contributed by atoms with Crippen molar-refractivity contribution in [2.24, 2.45) is 5.73 Å². The maximum Gasteiger partial charge on any atom is 0.0673 e. The average Bonchev–Trinajstić information content (AvgIpc) is 2.50. The van der Waals surface area contributed by atoms with Gasteiger partial charge in [-0.1, -0.05) is 13.0 Å². The molecule has 4 heteroatoms. The standard InChI is InChI=1S/C16H27N3O/c1-3-14(17)16(15-7-5-6-10-18-15)19-11-8-13(9-12-19)20-4-2/h5-7,10,13-14,16H,3-4,8-9,11-12,17H2,1-2H3. The summed E-state index contributed by atoms with van der Waals surface area (Å²) in [6, 6.07) is 6.45. The van der Waals surface area contributed by atoms with Crippen molar-refractivity contribution in [2.75, 3.05) is 19.7 Å². The third-order valence-electron chi connectivity index (χ3n) is 4.14. The van der Waals surface area contributed by atoms with Gasteiger partial charge in [-0.05, 0) is 38.3 Å². The van der Waals surface area contributed by atoms with Crippen LogP contribution in [0.4, 0.5) is 0 Å². The van der Waals surface area contributed by atoms with Crippen LogP contribution in [0.1, 0.15) is 44.8 Å². The topological polar surface area (TPSA) is 51.4 Å². The van der Waals surface area contributed by atoms with Gasteiger partial charge in [0.05, 0.1) is 17.8 Å². The van der Waals surface area contributed by atoms with E-state index < -0.39 is 0 Å². The van der Waals surface area contributed by atoms with E-state index in [2.05, 4.69) is 29.8 Å². The maximum atomic E-state index is 6.36. The summed E-state index contributed by atoms with van der Waals surface area (Å²) in [5.74, 6) is 0. The van der Waals surface area contributed by atoms with E-state index >= 15 is 0 Å².